The van der Waals surface area contributed by atoms with Crippen molar-refractivity contribution in [3.05, 3.63) is 53.0 Å². The zero-order chi connectivity index (χ0) is 14.5. The minimum absolute atomic E-state index is 0.562. The van der Waals surface area contributed by atoms with Gasteiger partial charge in [-0.1, -0.05) is 24.3 Å². The monoisotopic (exact) mass is 270 g/mol. The Kier molecular flexibility index (Phi) is 4.69. The third kappa shape index (κ3) is 3.14. The first-order chi connectivity index (χ1) is 9.65. The van der Waals surface area contributed by atoms with Crippen LogP contribution in [0.5, 0.6) is 0 Å². The largest absolute Gasteiger partial charge is 0.351 e. The number of anilines is 1. The van der Waals surface area contributed by atoms with Gasteiger partial charge in [0.05, 0.1) is 11.4 Å². The van der Waals surface area contributed by atoms with Crippen LogP contribution in [0.1, 0.15) is 29.4 Å². The Hall–Kier alpha value is -1.94. The molecule has 0 amide bonds. The molecule has 20 heavy (non-hydrogen) atoms. The molecule has 2 rings (SSSR count). The van der Waals surface area contributed by atoms with Gasteiger partial charge in [0.15, 0.2) is 5.82 Å². The molecule has 0 spiro atoms. The van der Waals surface area contributed by atoms with Crippen LogP contribution < -0.4 is 10.6 Å². The van der Waals surface area contributed by atoms with E-state index in [0.717, 1.165) is 30.3 Å². The molecule has 1 aromatic carbocycles. The molecule has 0 fully saturated rings. The summed E-state index contributed by atoms with van der Waals surface area (Å²) in [4.78, 5) is 11.3. The summed E-state index contributed by atoms with van der Waals surface area (Å²) < 4.78 is 0. The van der Waals surface area contributed by atoms with Gasteiger partial charge in [-0.15, -0.1) is 0 Å². The van der Waals surface area contributed by atoms with Gasteiger partial charge in [-0.3, -0.25) is 4.98 Å². The summed E-state index contributed by atoms with van der Waals surface area (Å²) in [6.07, 6.45) is 1.81. The Labute approximate surface area is 120 Å². The summed E-state index contributed by atoms with van der Waals surface area (Å²) in [5.74, 6) is 0.958. The molecular weight excluding hydrogens is 248 g/mol. The van der Waals surface area contributed by atoms with Crippen LogP contribution in [0.3, 0.4) is 0 Å². The zero-order valence-corrected chi connectivity index (χ0v) is 12.4. The highest BCUT2D eigenvalue weighted by atomic mass is 15.2. The van der Waals surface area contributed by atoms with Crippen molar-refractivity contribution in [2.75, 3.05) is 11.4 Å². The number of nitrogens with two attached hydrogens (primary N) is 1. The molecule has 0 saturated carbocycles. The van der Waals surface area contributed by atoms with Gasteiger partial charge in [-0.25, -0.2) is 4.98 Å². The predicted molar refractivity (Wildman–Crippen MR) is 82.6 cm³/mol. The number of nitrogens with zero attached hydrogens (tertiary/aromatic N) is 3. The Balaban J connectivity index is 2.31. The summed E-state index contributed by atoms with van der Waals surface area (Å²) >= 11 is 0. The summed E-state index contributed by atoms with van der Waals surface area (Å²) in [5.41, 5.74) is 10.1. The van der Waals surface area contributed by atoms with E-state index in [9.17, 15) is 0 Å². The second-order valence-electron chi connectivity index (χ2n) is 4.91. The first-order valence-electron chi connectivity index (χ1n) is 6.97. The average molecular weight is 270 g/mol. The highest BCUT2D eigenvalue weighted by Gasteiger charge is 2.12. The topological polar surface area (TPSA) is 55.0 Å². The van der Waals surface area contributed by atoms with Gasteiger partial charge in [0.2, 0.25) is 0 Å². The standard InChI is InChI=1S/C16H22N4/c1-4-20(16-13(3)18-10-12(2)19-16)11-15-8-6-5-7-14(15)9-17/h5-8,10H,4,9,11,17H2,1-3H3. The number of hydrogen-bond acceptors (Lipinski definition) is 4. The van der Waals surface area contributed by atoms with E-state index in [0.29, 0.717) is 6.54 Å². The highest BCUT2D eigenvalue weighted by Crippen LogP contribution is 2.19. The minimum Gasteiger partial charge on any atom is -0.351 e. The van der Waals surface area contributed by atoms with Gasteiger partial charge in [-0.2, -0.15) is 0 Å². The molecular formula is C16H22N4. The third-order valence-electron chi connectivity index (χ3n) is 3.43. The lowest BCUT2D eigenvalue weighted by Crippen LogP contribution is -2.25. The number of aryl methyl sites for hydroxylation is 2. The quantitative estimate of drug-likeness (QED) is 0.907. The summed E-state index contributed by atoms with van der Waals surface area (Å²) in [7, 11) is 0. The van der Waals surface area contributed by atoms with Crippen molar-refractivity contribution in [1.29, 1.82) is 0 Å². The van der Waals surface area contributed by atoms with Crippen molar-refractivity contribution in [1.82, 2.24) is 9.97 Å². The van der Waals surface area contributed by atoms with E-state index in [-0.39, 0.29) is 0 Å². The molecule has 0 radical (unpaired) electrons. The fourth-order valence-electron chi connectivity index (χ4n) is 2.28. The van der Waals surface area contributed by atoms with Crippen molar-refractivity contribution >= 4 is 5.82 Å². The van der Waals surface area contributed by atoms with E-state index in [1.54, 1.807) is 6.20 Å². The number of hydrogen-bond donors (Lipinski definition) is 1. The van der Waals surface area contributed by atoms with E-state index < -0.39 is 0 Å². The summed E-state index contributed by atoms with van der Waals surface area (Å²) in [6.45, 7) is 8.36. The van der Waals surface area contributed by atoms with Crippen LogP contribution in [0.4, 0.5) is 5.82 Å². The third-order valence-corrected chi connectivity index (χ3v) is 3.43. The number of benzene rings is 1. The van der Waals surface area contributed by atoms with Gasteiger partial charge >= 0.3 is 0 Å². The van der Waals surface area contributed by atoms with Gasteiger partial charge < -0.3 is 10.6 Å². The molecule has 106 valence electrons. The van der Waals surface area contributed by atoms with Crippen LogP contribution >= 0.6 is 0 Å². The second kappa shape index (κ2) is 6.48. The van der Waals surface area contributed by atoms with Gasteiger partial charge in [0, 0.05) is 25.8 Å². The lowest BCUT2D eigenvalue weighted by molar-refractivity contribution is 0.788. The molecule has 0 bridgehead atoms. The molecule has 0 saturated heterocycles. The van der Waals surface area contributed by atoms with Crippen molar-refractivity contribution in [3.8, 4) is 0 Å². The Bertz CT molecular complexity index is 580. The smallest absolute Gasteiger partial charge is 0.150 e. The molecule has 4 heteroatoms. The molecule has 1 heterocycles. The van der Waals surface area contributed by atoms with Crippen molar-refractivity contribution in [2.24, 2.45) is 5.73 Å². The van der Waals surface area contributed by atoms with Crippen molar-refractivity contribution in [2.45, 2.75) is 33.9 Å². The SMILES string of the molecule is CCN(Cc1ccccc1CN)c1nc(C)cnc1C. The maximum absolute atomic E-state index is 5.81. The molecule has 0 aliphatic rings. The van der Waals surface area contributed by atoms with Gasteiger partial charge in [-0.05, 0) is 31.9 Å². The van der Waals surface area contributed by atoms with Crippen LogP contribution in [0.15, 0.2) is 30.5 Å². The molecule has 4 nitrogen and oxygen atoms in total. The second-order valence-corrected chi connectivity index (χ2v) is 4.91. The Morgan fingerprint density at radius 2 is 1.85 bits per heavy atom. The van der Waals surface area contributed by atoms with Crippen LogP contribution in [0, 0.1) is 13.8 Å². The number of rotatable bonds is 5. The first-order valence-corrected chi connectivity index (χ1v) is 6.97. The molecule has 2 aromatic rings. The van der Waals surface area contributed by atoms with Crippen LogP contribution in [0.2, 0.25) is 0 Å². The van der Waals surface area contributed by atoms with E-state index in [1.165, 1.54) is 11.1 Å². The molecule has 0 aliphatic carbocycles. The van der Waals surface area contributed by atoms with Crippen molar-refractivity contribution < 1.29 is 0 Å². The van der Waals surface area contributed by atoms with E-state index >= 15 is 0 Å². The van der Waals surface area contributed by atoms with Crippen molar-refractivity contribution in [3.63, 3.8) is 0 Å². The molecule has 0 aliphatic heterocycles. The average Bonchev–Trinajstić information content (AvgIpc) is 2.48. The maximum atomic E-state index is 5.81. The highest BCUT2D eigenvalue weighted by molar-refractivity contribution is 5.44. The van der Waals surface area contributed by atoms with Crippen LogP contribution in [-0.4, -0.2) is 16.5 Å². The maximum Gasteiger partial charge on any atom is 0.150 e. The predicted octanol–water partition coefficient (Wildman–Crippen LogP) is 2.58. The van der Waals surface area contributed by atoms with Gasteiger partial charge in [0.1, 0.15) is 0 Å². The summed E-state index contributed by atoms with van der Waals surface area (Å²) in [5, 5.41) is 0. The number of aromatic nitrogens is 2. The fraction of sp³-hybridized carbons (Fsp3) is 0.375. The van der Waals surface area contributed by atoms with E-state index in [1.807, 2.05) is 19.9 Å². The van der Waals surface area contributed by atoms with E-state index in [4.69, 9.17) is 5.73 Å². The van der Waals surface area contributed by atoms with Gasteiger partial charge in [0.25, 0.3) is 0 Å². The lowest BCUT2D eigenvalue weighted by Gasteiger charge is -2.24. The van der Waals surface area contributed by atoms with Crippen LogP contribution in [0.25, 0.3) is 0 Å². The first kappa shape index (κ1) is 14.5. The summed E-state index contributed by atoms with van der Waals surface area (Å²) in [6, 6.07) is 8.29. The molecule has 0 unspecified atom stereocenters. The fourth-order valence-corrected chi connectivity index (χ4v) is 2.28. The normalized spacial score (nSPS) is 10.6. The zero-order valence-electron chi connectivity index (χ0n) is 12.4. The molecule has 0 atom stereocenters. The minimum atomic E-state index is 0.562. The van der Waals surface area contributed by atoms with E-state index in [2.05, 4.69) is 40.0 Å². The Morgan fingerprint density at radius 1 is 1.15 bits per heavy atom. The molecule has 2 N–H and O–H groups in total. The lowest BCUT2D eigenvalue weighted by atomic mass is 10.1. The Morgan fingerprint density at radius 3 is 2.50 bits per heavy atom. The molecule has 1 aromatic heterocycles. The van der Waals surface area contributed by atoms with Crippen LogP contribution in [-0.2, 0) is 13.1 Å².